The van der Waals surface area contributed by atoms with Crippen LogP contribution < -0.4 is 0 Å². The van der Waals surface area contributed by atoms with Gasteiger partial charge in [-0.15, -0.1) is 0 Å². The normalized spacial score (nSPS) is 16.8. The number of hydrogen-bond acceptors (Lipinski definition) is 2. The first-order valence-electron chi connectivity index (χ1n) is 8.76. The summed E-state index contributed by atoms with van der Waals surface area (Å²) in [6.45, 7) is 0.894. The van der Waals surface area contributed by atoms with E-state index in [1.807, 2.05) is 0 Å². The van der Waals surface area contributed by atoms with Crippen molar-refractivity contribution in [1.29, 1.82) is 0 Å². The predicted molar refractivity (Wildman–Crippen MR) is 104 cm³/mol. The van der Waals surface area contributed by atoms with E-state index in [1.54, 1.807) is 0 Å². The molecule has 0 spiro atoms. The molecule has 124 valence electrons. The number of fused-ring (bicyclic) bond motifs is 1. The Labute approximate surface area is 149 Å². The van der Waals surface area contributed by atoms with Crippen LogP contribution in [0.5, 0.6) is 0 Å². The second-order valence-electron chi connectivity index (χ2n) is 6.58. The Balaban J connectivity index is 1.79. The lowest BCUT2D eigenvalue weighted by Crippen LogP contribution is -2.27. The van der Waals surface area contributed by atoms with Crippen LogP contribution in [0.3, 0.4) is 0 Å². The Hall–Kier alpha value is -2.87. The highest BCUT2D eigenvalue weighted by molar-refractivity contribution is 5.85. The maximum Gasteiger partial charge on any atom is 0.105 e. The summed E-state index contributed by atoms with van der Waals surface area (Å²) in [6.07, 6.45) is 0.856. The molecular formula is C23H22N2. The van der Waals surface area contributed by atoms with Gasteiger partial charge < -0.3 is 4.90 Å². The van der Waals surface area contributed by atoms with Gasteiger partial charge >= 0.3 is 0 Å². The number of hydrogen-bond donors (Lipinski definition) is 0. The highest BCUT2D eigenvalue weighted by Crippen LogP contribution is 2.32. The molecule has 1 heterocycles. The lowest BCUT2D eigenvalue weighted by Gasteiger charge is -2.20. The summed E-state index contributed by atoms with van der Waals surface area (Å²) in [7, 11) is 2.14. The van der Waals surface area contributed by atoms with Crippen LogP contribution >= 0.6 is 0 Å². The van der Waals surface area contributed by atoms with Gasteiger partial charge in [-0.05, 0) is 22.3 Å². The summed E-state index contributed by atoms with van der Waals surface area (Å²) in [5.74, 6) is 1.14. The molecule has 0 unspecified atom stereocenters. The van der Waals surface area contributed by atoms with Gasteiger partial charge in [-0.25, -0.2) is 0 Å². The van der Waals surface area contributed by atoms with Crippen LogP contribution in [0.2, 0.25) is 0 Å². The molecule has 0 saturated carbocycles. The quantitative estimate of drug-likeness (QED) is 0.671. The third-order valence-electron chi connectivity index (χ3n) is 4.80. The van der Waals surface area contributed by atoms with E-state index in [-0.39, 0.29) is 6.04 Å². The van der Waals surface area contributed by atoms with Gasteiger partial charge in [-0.2, -0.15) is 0 Å². The van der Waals surface area contributed by atoms with E-state index in [4.69, 9.17) is 4.99 Å². The van der Waals surface area contributed by atoms with E-state index < -0.39 is 0 Å². The maximum atomic E-state index is 5.21. The molecule has 1 atom stereocenters. The van der Waals surface area contributed by atoms with Crippen LogP contribution in [0.15, 0.2) is 89.9 Å². The van der Waals surface area contributed by atoms with Gasteiger partial charge in [0.1, 0.15) is 11.9 Å². The second-order valence-corrected chi connectivity index (χ2v) is 6.58. The van der Waals surface area contributed by atoms with E-state index in [0.29, 0.717) is 0 Å². The molecule has 0 bridgehead atoms. The zero-order valence-electron chi connectivity index (χ0n) is 14.5. The summed E-state index contributed by atoms with van der Waals surface area (Å²) >= 11 is 0. The second kappa shape index (κ2) is 6.94. The van der Waals surface area contributed by atoms with E-state index in [0.717, 1.165) is 18.8 Å². The van der Waals surface area contributed by atoms with E-state index in [9.17, 15) is 0 Å². The third kappa shape index (κ3) is 3.34. The van der Waals surface area contributed by atoms with Crippen LogP contribution in [-0.2, 0) is 13.0 Å². The molecule has 0 fully saturated rings. The van der Waals surface area contributed by atoms with Crippen molar-refractivity contribution in [2.24, 2.45) is 4.99 Å². The number of aliphatic imine (C=N–C) groups is 1. The van der Waals surface area contributed by atoms with Crippen molar-refractivity contribution >= 4 is 5.84 Å². The van der Waals surface area contributed by atoms with Crippen molar-refractivity contribution in [3.8, 4) is 0 Å². The Kier molecular flexibility index (Phi) is 4.34. The molecule has 2 nitrogen and oxygen atoms in total. The average molecular weight is 326 g/mol. The van der Waals surface area contributed by atoms with Crippen molar-refractivity contribution in [2.75, 3.05) is 7.05 Å². The Bertz CT molecular complexity index is 869. The minimum absolute atomic E-state index is 0.0565. The first-order chi connectivity index (χ1) is 12.3. The molecule has 3 aromatic carbocycles. The molecule has 0 radical (unpaired) electrons. The monoisotopic (exact) mass is 326 g/mol. The van der Waals surface area contributed by atoms with Crippen molar-refractivity contribution < 1.29 is 0 Å². The van der Waals surface area contributed by atoms with Crippen molar-refractivity contribution in [3.05, 3.63) is 107 Å². The molecule has 3 aromatic rings. The average Bonchev–Trinajstić information content (AvgIpc) is 2.80. The number of nitrogens with zero attached hydrogens (tertiary/aromatic N) is 2. The largest absolute Gasteiger partial charge is 0.359 e. The van der Waals surface area contributed by atoms with Crippen molar-refractivity contribution in [3.63, 3.8) is 0 Å². The summed E-state index contributed by atoms with van der Waals surface area (Å²) < 4.78 is 0. The number of likely N-dealkylation sites (N-methyl/N-ethyl adjacent to an activating group) is 1. The lowest BCUT2D eigenvalue weighted by molar-refractivity contribution is 0.494. The molecule has 0 aliphatic carbocycles. The van der Waals surface area contributed by atoms with Gasteiger partial charge in [-0.1, -0.05) is 84.9 Å². The number of benzene rings is 3. The molecule has 0 saturated heterocycles. The molecule has 4 rings (SSSR count). The maximum absolute atomic E-state index is 5.21. The topological polar surface area (TPSA) is 15.6 Å². The van der Waals surface area contributed by atoms with Crippen molar-refractivity contribution in [2.45, 2.75) is 19.0 Å². The zero-order chi connectivity index (χ0) is 17.1. The van der Waals surface area contributed by atoms with Gasteiger partial charge in [0.25, 0.3) is 0 Å². The standard InChI is InChI=1S/C23H22N2/c1-25-17-20-14-8-9-15-21(20)23(19-12-6-3-7-13-19)24-22(25)16-18-10-4-2-5-11-18/h2-15,23H,16-17H2,1H3/t23-/m1/s1. The molecule has 1 aliphatic rings. The first kappa shape index (κ1) is 15.6. The smallest absolute Gasteiger partial charge is 0.105 e. The van der Waals surface area contributed by atoms with Gasteiger partial charge in [0.05, 0.1) is 0 Å². The summed E-state index contributed by atoms with van der Waals surface area (Å²) in [5, 5.41) is 0. The minimum Gasteiger partial charge on any atom is -0.359 e. The first-order valence-corrected chi connectivity index (χ1v) is 8.76. The Morgan fingerprint density at radius 3 is 2.24 bits per heavy atom. The van der Waals surface area contributed by atoms with E-state index >= 15 is 0 Å². The van der Waals surface area contributed by atoms with Gasteiger partial charge in [-0.3, -0.25) is 4.99 Å². The molecule has 0 N–H and O–H groups in total. The van der Waals surface area contributed by atoms with Gasteiger partial charge in [0.15, 0.2) is 0 Å². The van der Waals surface area contributed by atoms with Crippen molar-refractivity contribution in [1.82, 2.24) is 4.90 Å². The highest BCUT2D eigenvalue weighted by atomic mass is 15.2. The minimum atomic E-state index is 0.0565. The van der Waals surface area contributed by atoms with Crippen LogP contribution in [0.1, 0.15) is 28.3 Å². The fraction of sp³-hybridized carbons (Fsp3) is 0.174. The molecule has 1 aliphatic heterocycles. The SMILES string of the molecule is CN1Cc2ccccc2[C@@H](c2ccccc2)N=C1Cc1ccccc1. The van der Waals surface area contributed by atoms with Crippen LogP contribution in [0.4, 0.5) is 0 Å². The summed E-state index contributed by atoms with van der Waals surface area (Å²) in [6, 6.07) is 29.9. The fourth-order valence-corrected chi connectivity index (χ4v) is 3.46. The van der Waals surface area contributed by atoms with Crippen LogP contribution in [0.25, 0.3) is 0 Å². The lowest BCUT2D eigenvalue weighted by atomic mass is 9.95. The fourth-order valence-electron chi connectivity index (χ4n) is 3.46. The van der Waals surface area contributed by atoms with E-state index in [1.165, 1.54) is 22.3 Å². The van der Waals surface area contributed by atoms with E-state index in [2.05, 4.69) is 96.9 Å². The molecular weight excluding hydrogens is 304 g/mol. The van der Waals surface area contributed by atoms with Crippen LogP contribution in [0, 0.1) is 0 Å². The van der Waals surface area contributed by atoms with Gasteiger partial charge in [0.2, 0.25) is 0 Å². The highest BCUT2D eigenvalue weighted by Gasteiger charge is 2.23. The Morgan fingerprint density at radius 1 is 0.840 bits per heavy atom. The number of rotatable bonds is 3. The summed E-state index contributed by atoms with van der Waals surface area (Å²) in [5.41, 5.74) is 5.20. The zero-order valence-corrected chi connectivity index (χ0v) is 14.5. The third-order valence-corrected chi connectivity index (χ3v) is 4.80. The molecule has 2 heteroatoms. The predicted octanol–water partition coefficient (Wildman–Crippen LogP) is 4.86. The Morgan fingerprint density at radius 2 is 1.48 bits per heavy atom. The molecule has 25 heavy (non-hydrogen) atoms. The summed E-state index contributed by atoms with van der Waals surface area (Å²) in [4.78, 5) is 7.49. The van der Waals surface area contributed by atoms with Gasteiger partial charge in [0, 0.05) is 20.0 Å². The van der Waals surface area contributed by atoms with Crippen LogP contribution in [-0.4, -0.2) is 17.8 Å². The number of amidine groups is 1. The molecule has 0 amide bonds. The molecule has 0 aromatic heterocycles.